The first-order valence-corrected chi connectivity index (χ1v) is 6.41. The van der Waals surface area contributed by atoms with Crippen molar-refractivity contribution in [3.63, 3.8) is 0 Å². The molecule has 0 saturated heterocycles. The van der Waals surface area contributed by atoms with E-state index in [4.69, 9.17) is 11.6 Å². The molecule has 21 heavy (non-hydrogen) atoms. The summed E-state index contributed by atoms with van der Waals surface area (Å²) in [5.74, 6) is 4.28. The average molecular weight is 280 g/mol. The van der Waals surface area contributed by atoms with E-state index in [1.165, 1.54) is 0 Å². The highest BCUT2D eigenvalue weighted by Gasteiger charge is 2.05. The molecule has 4 heteroatoms. The molecule has 4 nitrogen and oxygen atoms in total. The van der Waals surface area contributed by atoms with Crippen LogP contribution in [-0.2, 0) is 4.84 Å². The molecular formula is C17H16N2O2. The van der Waals surface area contributed by atoms with Gasteiger partial charge in [0.25, 0.3) is 0 Å². The van der Waals surface area contributed by atoms with Crippen molar-refractivity contribution in [2.75, 3.05) is 5.73 Å². The first-order valence-electron chi connectivity index (χ1n) is 6.41. The number of anilines is 1. The van der Waals surface area contributed by atoms with Crippen LogP contribution in [0.25, 0.3) is 10.8 Å². The van der Waals surface area contributed by atoms with E-state index in [0.29, 0.717) is 5.56 Å². The van der Waals surface area contributed by atoms with E-state index in [1.807, 2.05) is 60.7 Å². The number of para-hydroxylation sites is 1. The molecule has 0 bridgehead atoms. The van der Waals surface area contributed by atoms with Crippen molar-refractivity contribution in [1.29, 1.82) is 0 Å². The zero-order valence-electron chi connectivity index (χ0n) is 11.4. The van der Waals surface area contributed by atoms with Gasteiger partial charge in [-0.05, 0) is 35.0 Å². The highest BCUT2D eigenvalue weighted by atomic mass is 16.7. The molecule has 0 saturated carbocycles. The molecule has 0 aliphatic rings. The molecule has 0 amide bonds. The van der Waals surface area contributed by atoms with Crippen LogP contribution in [0.4, 0.5) is 5.69 Å². The van der Waals surface area contributed by atoms with Crippen LogP contribution in [0.15, 0.2) is 72.8 Å². The third kappa shape index (κ3) is 4.06. The lowest BCUT2D eigenvalue weighted by molar-refractivity contribution is 0.0503. The van der Waals surface area contributed by atoms with Crippen molar-refractivity contribution in [2.45, 2.75) is 0 Å². The third-order valence-corrected chi connectivity index (χ3v) is 2.89. The molecule has 0 spiro atoms. The van der Waals surface area contributed by atoms with E-state index in [2.05, 4.69) is 4.84 Å². The number of hydrogen-bond acceptors (Lipinski definition) is 4. The first-order chi connectivity index (χ1) is 10.2. The number of carbonyl (C=O) groups excluding carboxylic acids is 1. The summed E-state index contributed by atoms with van der Waals surface area (Å²) < 4.78 is 0. The fraction of sp³-hybridized carbons (Fsp3) is 0. The molecule has 0 aliphatic carbocycles. The summed E-state index contributed by atoms with van der Waals surface area (Å²) in [5, 5.41) is 2.08. The molecule has 4 N–H and O–H groups in total. The maximum atomic E-state index is 11.1. The second kappa shape index (κ2) is 7.07. The average Bonchev–Trinajstić information content (AvgIpc) is 2.55. The second-order valence-electron chi connectivity index (χ2n) is 4.38. The van der Waals surface area contributed by atoms with Gasteiger partial charge in [-0.15, -0.1) is 0 Å². The summed E-state index contributed by atoms with van der Waals surface area (Å²) in [6.45, 7) is 0. The maximum absolute atomic E-state index is 11.1. The first kappa shape index (κ1) is 14.6. The van der Waals surface area contributed by atoms with Crippen molar-refractivity contribution in [3.8, 4) is 0 Å². The van der Waals surface area contributed by atoms with Gasteiger partial charge in [0.2, 0.25) is 0 Å². The number of fused-ring (bicyclic) bond motifs is 1. The van der Waals surface area contributed by atoms with Crippen LogP contribution in [0.1, 0.15) is 10.4 Å². The Hall–Kier alpha value is -2.85. The minimum Gasteiger partial charge on any atom is -0.399 e. The van der Waals surface area contributed by atoms with Crippen LogP contribution in [0.3, 0.4) is 0 Å². The Morgan fingerprint density at radius 1 is 0.810 bits per heavy atom. The quantitative estimate of drug-likeness (QED) is 0.530. The van der Waals surface area contributed by atoms with Crippen molar-refractivity contribution in [1.82, 2.24) is 0 Å². The van der Waals surface area contributed by atoms with E-state index in [9.17, 15) is 4.79 Å². The number of nitrogen functional groups attached to an aromatic ring is 1. The Labute approximate surface area is 122 Å². The van der Waals surface area contributed by atoms with Gasteiger partial charge in [-0.3, -0.25) is 0 Å². The molecule has 0 heterocycles. The lowest BCUT2D eigenvalue weighted by atomic mass is 10.1. The van der Waals surface area contributed by atoms with Gasteiger partial charge in [0.05, 0.1) is 5.56 Å². The SMILES string of the molecule is NOC(=O)c1ccc2ccccc2c1.Nc1ccccc1. The van der Waals surface area contributed by atoms with Gasteiger partial charge >= 0.3 is 5.97 Å². The van der Waals surface area contributed by atoms with E-state index < -0.39 is 5.97 Å². The molecule has 0 fully saturated rings. The van der Waals surface area contributed by atoms with Gasteiger partial charge in [0, 0.05) is 5.69 Å². The lowest BCUT2D eigenvalue weighted by Crippen LogP contribution is -2.09. The van der Waals surface area contributed by atoms with Crippen LogP contribution in [0, 0.1) is 0 Å². The predicted molar refractivity (Wildman–Crippen MR) is 84.4 cm³/mol. The molecule has 0 unspecified atom stereocenters. The van der Waals surface area contributed by atoms with Crippen molar-refractivity contribution < 1.29 is 9.63 Å². The Balaban J connectivity index is 0.000000194. The van der Waals surface area contributed by atoms with Crippen LogP contribution in [0.2, 0.25) is 0 Å². The summed E-state index contributed by atoms with van der Waals surface area (Å²) in [5.41, 5.74) is 6.64. The van der Waals surface area contributed by atoms with E-state index in [-0.39, 0.29) is 0 Å². The fourth-order valence-electron chi connectivity index (χ4n) is 1.84. The van der Waals surface area contributed by atoms with Crippen LogP contribution >= 0.6 is 0 Å². The molecule has 0 aliphatic heterocycles. The minimum absolute atomic E-state index is 0.464. The van der Waals surface area contributed by atoms with E-state index >= 15 is 0 Å². The number of nitrogens with two attached hydrogens (primary N) is 2. The van der Waals surface area contributed by atoms with Crippen LogP contribution in [-0.4, -0.2) is 5.97 Å². The molecular weight excluding hydrogens is 264 g/mol. The van der Waals surface area contributed by atoms with Crippen molar-refractivity contribution in [2.24, 2.45) is 5.90 Å². The van der Waals surface area contributed by atoms with Gasteiger partial charge in [0.15, 0.2) is 0 Å². The molecule has 3 aromatic carbocycles. The molecule has 0 atom stereocenters. The number of carbonyl (C=O) groups is 1. The molecule has 0 radical (unpaired) electrons. The molecule has 3 aromatic rings. The largest absolute Gasteiger partial charge is 0.399 e. The Bertz CT molecular complexity index is 727. The third-order valence-electron chi connectivity index (χ3n) is 2.89. The molecule has 3 rings (SSSR count). The Morgan fingerprint density at radius 3 is 2.00 bits per heavy atom. The maximum Gasteiger partial charge on any atom is 0.356 e. The zero-order valence-corrected chi connectivity index (χ0v) is 11.4. The van der Waals surface area contributed by atoms with E-state index in [1.54, 1.807) is 12.1 Å². The summed E-state index contributed by atoms with van der Waals surface area (Å²) in [6.07, 6.45) is 0. The number of benzene rings is 3. The Morgan fingerprint density at radius 2 is 1.43 bits per heavy atom. The summed E-state index contributed by atoms with van der Waals surface area (Å²) in [6, 6.07) is 22.6. The monoisotopic (exact) mass is 280 g/mol. The second-order valence-corrected chi connectivity index (χ2v) is 4.38. The fourth-order valence-corrected chi connectivity index (χ4v) is 1.84. The zero-order chi connectivity index (χ0) is 15.1. The van der Waals surface area contributed by atoms with Crippen LogP contribution < -0.4 is 11.6 Å². The van der Waals surface area contributed by atoms with Gasteiger partial charge in [-0.25, -0.2) is 4.79 Å². The number of hydrogen-bond donors (Lipinski definition) is 2. The Kier molecular flexibility index (Phi) is 4.90. The van der Waals surface area contributed by atoms with Gasteiger partial charge in [0.1, 0.15) is 0 Å². The highest BCUT2D eigenvalue weighted by molar-refractivity contribution is 5.95. The van der Waals surface area contributed by atoms with Crippen LogP contribution in [0.5, 0.6) is 0 Å². The summed E-state index contributed by atoms with van der Waals surface area (Å²) in [4.78, 5) is 15.3. The minimum atomic E-state index is -0.518. The van der Waals surface area contributed by atoms with Gasteiger partial charge < -0.3 is 10.6 Å². The molecule has 106 valence electrons. The molecule has 0 aromatic heterocycles. The van der Waals surface area contributed by atoms with Gasteiger partial charge in [-0.1, -0.05) is 48.5 Å². The summed E-state index contributed by atoms with van der Waals surface area (Å²) in [7, 11) is 0. The highest BCUT2D eigenvalue weighted by Crippen LogP contribution is 2.15. The van der Waals surface area contributed by atoms with Crippen molar-refractivity contribution in [3.05, 3.63) is 78.4 Å². The smallest absolute Gasteiger partial charge is 0.356 e. The summed E-state index contributed by atoms with van der Waals surface area (Å²) >= 11 is 0. The number of rotatable bonds is 1. The normalized spacial score (nSPS) is 9.57. The van der Waals surface area contributed by atoms with Crippen molar-refractivity contribution >= 4 is 22.4 Å². The predicted octanol–water partition coefficient (Wildman–Crippen LogP) is 3.14. The standard InChI is InChI=1S/C11H9NO2.C6H7N/c12-14-11(13)10-6-5-8-3-1-2-4-9(8)7-10;7-6-4-2-1-3-5-6/h1-7H,12H2;1-5H,7H2. The topological polar surface area (TPSA) is 78.3 Å². The van der Waals surface area contributed by atoms with Gasteiger partial charge in [-0.2, -0.15) is 5.90 Å². The lowest BCUT2D eigenvalue weighted by Gasteiger charge is -2.00. The van der Waals surface area contributed by atoms with E-state index in [0.717, 1.165) is 16.5 Å².